The van der Waals surface area contributed by atoms with Gasteiger partial charge in [0.25, 0.3) is 5.91 Å². The van der Waals surface area contributed by atoms with Gasteiger partial charge in [0.1, 0.15) is 0 Å². The van der Waals surface area contributed by atoms with Crippen molar-refractivity contribution < 1.29 is 4.79 Å². The molecule has 2 rings (SSSR count). The van der Waals surface area contributed by atoms with Gasteiger partial charge in [-0.15, -0.1) is 11.3 Å². The third-order valence-electron chi connectivity index (χ3n) is 1.96. The number of hydrogen-bond acceptors (Lipinski definition) is 2. The molecule has 1 aromatic rings. The molecule has 0 bridgehead atoms. The number of carbonyl (C=O) groups excluding carboxylic acids is 1. The predicted octanol–water partition coefficient (Wildman–Crippen LogP) is 1.59. The van der Waals surface area contributed by atoms with Crippen molar-refractivity contribution in [2.24, 2.45) is 0 Å². The van der Waals surface area contributed by atoms with Crippen LogP contribution in [0.3, 0.4) is 0 Å². The van der Waals surface area contributed by atoms with Gasteiger partial charge in [-0.3, -0.25) is 4.79 Å². The minimum atomic E-state index is 0.0827. The summed E-state index contributed by atoms with van der Waals surface area (Å²) in [4.78, 5) is 12.4. The van der Waals surface area contributed by atoms with Crippen molar-refractivity contribution in [3.05, 3.63) is 21.9 Å². The van der Waals surface area contributed by atoms with E-state index in [1.54, 1.807) is 11.3 Å². The minimum Gasteiger partial charge on any atom is -0.351 e. The number of thiophene rings is 1. The number of hydrogen-bond donors (Lipinski definition) is 1. The Balaban J connectivity index is 2.51. The summed E-state index contributed by atoms with van der Waals surface area (Å²) >= 11 is 1.68. The summed E-state index contributed by atoms with van der Waals surface area (Å²) < 4.78 is 0. The van der Waals surface area contributed by atoms with Crippen LogP contribution in [0, 0.1) is 0 Å². The van der Waals surface area contributed by atoms with Crippen LogP contribution in [0.25, 0.3) is 0 Å². The zero-order chi connectivity index (χ0) is 7.84. The molecule has 2 nitrogen and oxygen atoms in total. The monoisotopic (exact) mass is 167 g/mol. The number of fused-ring (bicyclic) bond motifs is 1. The van der Waals surface area contributed by atoms with Crippen LogP contribution in [-0.2, 0) is 0 Å². The first-order chi connectivity index (χ1) is 5.29. The van der Waals surface area contributed by atoms with Gasteiger partial charge in [0.15, 0.2) is 0 Å². The lowest BCUT2D eigenvalue weighted by molar-refractivity contribution is 0.0942. The summed E-state index contributed by atoms with van der Waals surface area (Å²) in [6.07, 6.45) is 0. The Morgan fingerprint density at radius 2 is 2.55 bits per heavy atom. The van der Waals surface area contributed by atoms with Gasteiger partial charge in [0.2, 0.25) is 0 Å². The molecule has 2 heterocycles. The molecule has 0 fully saturated rings. The quantitative estimate of drug-likeness (QED) is 0.624. The van der Waals surface area contributed by atoms with Crippen molar-refractivity contribution >= 4 is 17.2 Å². The normalized spacial score (nSPS) is 22.6. The number of carbonyl (C=O) groups is 1. The van der Waals surface area contributed by atoms with Crippen molar-refractivity contribution in [2.75, 3.05) is 6.54 Å². The van der Waals surface area contributed by atoms with Crippen molar-refractivity contribution in [2.45, 2.75) is 12.8 Å². The lowest BCUT2D eigenvalue weighted by Crippen LogP contribution is -2.32. The molecule has 0 radical (unpaired) electrons. The molecule has 0 aromatic carbocycles. The van der Waals surface area contributed by atoms with Gasteiger partial charge in [-0.2, -0.15) is 0 Å². The lowest BCUT2D eigenvalue weighted by Gasteiger charge is -2.18. The van der Waals surface area contributed by atoms with E-state index < -0.39 is 0 Å². The Morgan fingerprint density at radius 3 is 3.27 bits per heavy atom. The van der Waals surface area contributed by atoms with Crippen LogP contribution in [0.4, 0.5) is 0 Å². The maximum atomic E-state index is 11.2. The molecule has 1 N–H and O–H groups in total. The van der Waals surface area contributed by atoms with Gasteiger partial charge in [-0.25, -0.2) is 0 Å². The zero-order valence-electron chi connectivity index (χ0n) is 6.26. The molecule has 1 aliphatic heterocycles. The van der Waals surface area contributed by atoms with E-state index in [0.29, 0.717) is 5.92 Å². The molecule has 11 heavy (non-hydrogen) atoms. The molecule has 3 heteroatoms. The first kappa shape index (κ1) is 6.85. The van der Waals surface area contributed by atoms with Crippen LogP contribution in [0.2, 0.25) is 0 Å². The van der Waals surface area contributed by atoms with Gasteiger partial charge in [-0.1, -0.05) is 6.92 Å². The Kier molecular flexibility index (Phi) is 1.46. The van der Waals surface area contributed by atoms with Crippen LogP contribution >= 0.6 is 11.3 Å². The Labute approximate surface area is 69.2 Å². The second-order valence-corrected chi connectivity index (χ2v) is 3.76. The first-order valence-corrected chi connectivity index (χ1v) is 4.52. The van der Waals surface area contributed by atoms with E-state index in [-0.39, 0.29) is 5.91 Å². The minimum absolute atomic E-state index is 0.0827. The average molecular weight is 167 g/mol. The molecule has 1 atom stereocenters. The summed E-state index contributed by atoms with van der Waals surface area (Å²) in [5, 5.41) is 4.82. The molecule has 1 amide bonds. The third-order valence-corrected chi connectivity index (χ3v) is 3.10. The van der Waals surface area contributed by atoms with Crippen LogP contribution in [0.15, 0.2) is 11.4 Å². The highest BCUT2D eigenvalue weighted by Crippen LogP contribution is 2.28. The van der Waals surface area contributed by atoms with Crippen molar-refractivity contribution in [3.8, 4) is 0 Å². The fourth-order valence-electron chi connectivity index (χ4n) is 1.32. The van der Waals surface area contributed by atoms with Gasteiger partial charge >= 0.3 is 0 Å². The summed E-state index contributed by atoms with van der Waals surface area (Å²) in [5.74, 6) is 0.571. The molecule has 1 aliphatic rings. The van der Waals surface area contributed by atoms with Crippen LogP contribution in [0.1, 0.15) is 28.1 Å². The predicted molar refractivity (Wildman–Crippen MR) is 45.1 cm³/mol. The fourth-order valence-corrected chi connectivity index (χ4v) is 2.28. The Hall–Kier alpha value is -0.830. The standard InChI is InChI=1S/C8H9NOS/c1-5-4-9-8(10)6-2-3-11-7(5)6/h2-3,5H,4H2,1H3,(H,9,10). The topological polar surface area (TPSA) is 29.1 Å². The second-order valence-electron chi connectivity index (χ2n) is 2.81. The first-order valence-electron chi connectivity index (χ1n) is 3.64. The molecular formula is C8H9NOS. The van der Waals surface area contributed by atoms with E-state index in [1.165, 1.54) is 4.88 Å². The zero-order valence-corrected chi connectivity index (χ0v) is 7.07. The summed E-state index contributed by atoms with van der Waals surface area (Å²) in [7, 11) is 0. The summed E-state index contributed by atoms with van der Waals surface area (Å²) in [6.45, 7) is 2.92. The molecule has 0 aliphatic carbocycles. The SMILES string of the molecule is CC1CNC(=O)c2ccsc21. The maximum Gasteiger partial charge on any atom is 0.252 e. The molecule has 0 saturated heterocycles. The molecule has 1 aromatic heterocycles. The van der Waals surface area contributed by atoms with E-state index in [0.717, 1.165) is 12.1 Å². The van der Waals surface area contributed by atoms with Crippen molar-refractivity contribution in [1.82, 2.24) is 5.32 Å². The number of nitrogens with one attached hydrogen (secondary N) is 1. The molecule has 58 valence electrons. The Bertz CT molecular complexity index is 292. The van der Waals surface area contributed by atoms with Crippen LogP contribution in [-0.4, -0.2) is 12.5 Å². The number of rotatable bonds is 0. The molecule has 0 spiro atoms. The van der Waals surface area contributed by atoms with Gasteiger partial charge < -0.3 is 5.32 Å². The molecule has 1 unspecified atom stereocenters. The van der Waals surface area contributed by atoms with E-state index in [4.69, 9.17) is 0 Å². The van der Waals surface area contributed by atoms with Crippen LogP contribution in [0.5, 0.6) is 0 Å². The highest BCUT2D eigenvalue weighted by Gasteiger charge is 2.22. The van der Waals surface area contributed by atoms with Crippen molar-refractivity contribution in [3.63, 3.8) is 0 Å². The summed E-state index contributed by atoms with van der Waals surface area (Å²) in [5.41, 5.74) is 0.869. The largest absolute Gasteiger partial charge is 0.351 e. The highest BCUT2D eigenvalue weighted by atomic mass is 32.1. The van der Waals surface area contributed by atoms with Gasteiger partial charge in [0, 0.05) is 17.3 Å². The van der Waals surface area contributed by atoms with Gasteiger partial charge in [0.05, 0.1) is 5.56 Å². The smallest absolute Gasteiger partial charge is 0.252 e. The fraction of sp³-hybridized carbons (Fsp3) is 0.375. The van der Waals surface area contributed by atoms with Gasteiger partial charge in [-0.05, 0) is 11.4 Å². The number of amides is 1. The van der Waals surface area contributed by atoms with E-state index in [1.807, 2.05) is 11.4 Å². The van der Waals surface area contributed by atoms with Crippen molar-refractivity contribution in [1.29, 1.82) is 0 Å². The van der Waals surface area contributed by atoms with E-state index >= 15 is 0 Å². The van der Waals surface area contributed by atoms with E-state index in [2.05, 4.69) is 12.2 Å². The Morgan fingerprint density at radius 1 is 1.73 bits per heavy atom. The maximum absolute atomic E-state index is 11.2. The van der Waals surface area contributed by atoms with Crippen LogP contribution < -0.4 is 5.32 Å². The molecular weight excluding hydrogens is 158 g/mol. The third kappa shape index (κ3) is 0.959. The molecule has 0 saturated carbocycles. The summed E-state index contributed by atoms with van der Waals surface area (Å²) in [6, 6.07) is 1.89. The highest BCUT2D eigenvalue weighted by molar-refractivity contribution is 7.10. The van der Waals surface area contributed by atoms with E-state index in [9.17, 15) is 4.79 Å². The lowest BCUT2D eigenvalue weighted by atomic mass is 10.0. The second kappa shape index (κ2) is 2.34. The average Bonchev–Trinajstić information content (AvgIpc) is 2.45.